The van der Waals surface area contributed by atoms with E-state index in [4.69, 9.17) is 9.15 Å². The molecule has 5 rings (SSSR count). The Morgan fingerprint density at radius 3 is 2.60 bits per heavy atom. The highest BCUT2D eigenvalue weighted by molar-refractivity contribution is 5.93. The third-order valence-electron chi connectivity index (χ3n) is 6.95. The SMILES string of the molecule is CCc1ccc2oc(-c3ccc(C)c(NC(=O)COc4ccc(C5CCCCC5)cc4)c3)nc2c1. The zero-order valence-electron chi connectivity index (χ0n) is 20.5. The Bertz CT molecular complexity index is 1320. The van der Waals surface area contributed by atoms with Gasteiger partial charge < -0.3 is 14.5 Å². The van der Waals surface area contributed by atoms with Crippen LogP contribution >= 0.6 is 0 Å². The molecule has 1 amide bonds. The second-order valence-corrected chi connectivity index (χ2v) is 9.45. The van der Waals surface area contributed by atoms with E-state index in [9.17, 15) is 4.79 Å². The van der Waals surface area contributed by atoms with Crippen molar-refractivity contribution in [3.8, 4) is 17.2 Å². The molecule has 5 nitrogen and oxygen atoms in total. The minimum absolute atomic E-state index is 0.0465. The van der Waals surface area contributed by atoms with Crippen LogP contribution in [0.1, 0.15) is 61.6 Å². The Morgan fingerprint density at radius 1 is 1.03 bits per heavy atom. The summed E-state index contributed by atoms with van der Waals surface area (Å²) in [6.45, 7) is 4.03. The zero-order valence-corrected chi connectivity index (χ0v) is 20.5. The van der Waals surface area contributed by atoms with Gasteiger partial charge in [0.15, 0.2) is 12.2 Å². The first kappa shape index (κ1) is 23.2. The second kappa shape index (κ2) is 10.3. The van der Waals surface area contributed by atoms with E-state index in [1.165, 1.54) is 43.2 Å². The lowest BCUT2D eigenvalue weighted by atomic mass is 9.84. The minimum atomic E-state index is -0.202. The molecule has 5 heteroatoms. The van der Waals surface area contributed by atoms with Crippen LogP contribution in [-0.2, 0) is 11.2 Å². The molecule has 0 atom stereocenters. The van der Waals surface area contributed by atoms with Crippen molar-refractivity contribution < 1.29 is 13.9 Å². The van der Waals surface area contributed by atoms with Crippen molar-refractivity contribution in [2.75, 3.05) is 11.9 Å². The van der Waals surface area contributed by atoms with Crippen LogP contribution in [0.3, 0.4) is 0 Å². The molecule has 1 N–H and O–H groups in total. The van der Waals surface area contributed by atoms with Crippen molar-refractivity contribution in [3.05, 3.63) is 77.4 Å². The van der Waals surface area contributed by atoms with Crippen molar-refractivity contribution in [1.82, 2.24) is 4.98 Å². The first-order valence-electron chi connectivity index (χ1n) is 12.6. The van der Waals surface area contributed by atoms with Gasteiger partial charge in [0.1, 0.15) is 11.3 Å². The predicted molar refractivity (Wildman–Crippen MR) is 140 cm³/mol. The number of rotatable bonds is 7. The Morgan fingerprint density at radius 2 is 1.83 bits per heavy atom. The normalized spacial score (nSPS) is 14.2. The van der Waals surface area contributed by atoms with Crippen LogP contribution in [0.4, 0.5) is 5.69 Å². The average molecular weight is 469 g/mol. The molecule has 0 radical (unpaired) electrons. The van der Waals surface area contributed by atoms with Gasteiger partial charge in [-0.3, -0.25) is 4.79 Å². The maximum Gasteiger partial charge on any atom is 0.262 e. The highest BCUT2D eigenvalue weighted by Gasteiger charge is 2.16. The molecule has 0 bridgehead atoms. The molecule has 0 aliphatic heterocycles. The summed E-state index contributed by atoms with van der Waals surface area (Å²) in [5.41, 5.74) is 6.69. The third-order valence-corrected chi connectivity index (χ3v) is 6.95. The van der Waals surface area contributed by atoms with Crippen molar-refractivity contribution in [2.24, 2.45) is 0 Å². The Labute approximate surface area is 206 Å². The molecule has 35 heavy (non-hydrogen) atoms. The van der Waals surface area contributed by atoms with E-state index in [0.29, 0.717) is 17.6 Å². The van der Waals surface area contributed by atoms with E-state index in [1.54, 1.807) is 0 Å². The van der Waals surface area contributed by atoms with Gasteiger partial charge in [0.05, 0.1) is 0 Å². The Hall–Kier alpha value is -3.60. The fourth-order valence-corrected chi connectivity index (χ4v) is 4.81. The molecular weight excluding hydrogens is 436 g/mol. The lowest BCUT2D eigenvalue weighted by molar-refractivity contribution is -0.118. The topological polar surface area (TPSA) is 64.4 Å². The number of fused-ring (bicyclic) bond motifs is 1. The summed E-state index contributed by atoms with van der Waals surface area (Å²) < 4.78 is 11.7. The van der Waals surface area contributed by atoms with Crippen molar-refractivity contribution in [2.45, 2.75) is 58.3 Å². The molecule has 0 spiro atoms. The molecule has 1 aromatic heterocycles. The maximum absolute atomic E-state index is 12.6. The van der Waals surface area contributed by atoms with Crippen LogP contribution in [0, 0.1) is 6.92 Å². The largest absolute Gasteiger partial charge is 0.484 e. The first-order chi connectivity index (χ1) is 17.1. The van der Waals surface area contributed by atoms with Crippen LogP contribution < -0.4 is 10.1 Å². The lowest BCUT2D eigenvalue weighted by Gasteiger charge is -2.22. The van der Waals surface area contributed by atoms with Crippen LogP contribution in [-0.4, -0.2) is 17.5 Å². The second-order valence-electron chi connectivity index (χ2n) is 9.45. The van der Waals surface area contributed by atoms with Gasteiger partial charge in [-0.25, -0.2) is 4.98 Å². The molecule has 1 aliphatic rings. The van der Waals surface area contributed by atoms with Gasteiger partial charge in [-0.1, -0.05) is 50.5 Å². The number of benzene rings is 3. The van der Waals surface area contributed by atoms with Gasteiger partial charge in [-0.05, 0) is 85.2 Å². The average Bonchev–Trinajstić information content (AvgIpc) is 3.33. The highest BCUT2D eigenvalue weighted by Crippen LogP contribution is 2.33. The molecule has 1 aliphatic carbocycles. The highest BCUT2D eigenvalue weighted by atomic mass is 16.5. The number of anilines is 1. The van der Waals surface area contributed by atoms with E-state index < -0.39 is 0 Å². The van der Waals surface area contributed by atoms with Gasteiger partial charge in [0, 0.05) is 11.3 Å². The minimum Gasteiger partial charge on any atom is -0.484 e. The van der Waals surface area contributed by atoms with Crippen molar-refractivity contribution in [1.29, 1.82) is 0 Å². The number of carbonyl (C=O) groups is 1. The maximum atomic E-state index is 12.6. The number of ether oxygens (including phenoxy) is 1. The monoisotopic (exact) mass is 468 g/mol. The van der Waals surface area contributed by atoms with Crippen LogP contribution in [0.25, 0.3) is 22.6 Å². The number of carbonyl (C=O) groups excluding carboxylic acids is 1. The summed E-state index contributed by atoms with van der Waals surface area (Å²) in [6.07, 6.45) is 7.47. The summed E-state index contributed by atoms with van der Waals surface area (Å²) in [4.78, 5) is 17.3. The number of aryl methyl sites for hydroxylation is 2. The van der Waals surface area contributed by atoms with Crippen molar-refractivity contribution in [3.63, 3.8) is 0 Å². The molecular formula is C30H32N2O3. The molecule has 3 aromatic carbocycles. The van der Waals surface area contributed by atoms with Gasteiger partial charge in [-0.15, -0.1) is 0 Å². The van der Waals surface area contributed by atoms with Crippen LogP contribution in [0.15, 0.2) is 65.1 Å². The quantitative estimate of drug-likeness (QED) is 0.306. The summed E-state index contributed by atoms with van der Waals surface area (Å²) in [5, 5.41) is 2.97. The van der Waals surface area contributed by atoms with E-state index in [0.717, 1.165) is 34.3 Å². The van der Waals surface area contributed by atoms with E-state index in [2.05, 4.69) is 41.5 Å². The summed E-state index contributed by atoms with van der Waals surface area (Å²) in [6, 6.07) is 20.1. The van der Waals surface area contributed by atoms with Gasteiger partial charge >= 0.3 is 0 Å². The van der Waals surface area contributed by atoms with Crippen molar-refractivity contribution >= 4 is 22.7 Å². The molecule has 1 saturated carbocycles. The smallest absolute Gasteiger partial charge is 0.262 e. The summed E-state index contributed by atoms with van der Waals surface area (Å²) >= 11 is 0. The summed E-state index contributed by atoms with van der Waals surface area (Å²) in [7, 11) is 0. The third kappa shape index (κ3) is 5.40. The number of nitrogens with one attached hydrogen (secondary N) is 1. The van der Waals surface area contributed by atoms with Gasteiger partial charge in [0.25, 0.3) is 5.91 Å². The molecule has 1 fully saturated rings. The van der Waals surface area contributed by atoms with Gasteiger partial charge in [0.2, 0.25) is 5.89 Å². The lowest BCUT2D eigenvalue weighted by Crippen LogP contribution is -2.20. The summed E-state index contributed by atoms with van der Waals surface area (Å²) in [5.74, 6) is 1.71. The number of hydrogen-bond acceptors (Lipinski definition) is 4. The molecule has 0 saturated heterocycles. The van der Waals surface area contributed by atoms with E-state index in [1.807, 2.05) is 43.3 Å². The molecule has 1 heterocycles. The van der Waals surface area contributed by atoms with E-state index in [-0.39, 0.29) is 12.5 Å². The fourth-order valence-electron chi connectivity index (χ4n) is 4.81. The van der Waals surface area contributed by atoms with E-state index >= 15 is 0 Å². The number of aromatic nitrogens is 1. The first-order valence-corrected chi connectivity index (χ1v) is 12.6. The van der Waals surface area contributed by atoms with Crippen LogP contribution in [0.2, 0.25) is 0 Å². The standard InChI is InChI=1S/C30H32N2O3/c1-3-21-10-16-28-27(17-21)32-30(35-28)24-11-9-20(2)26(18-24)31-29(33)19-34-25-14-12-23(13-15-25)22-7-5-4-6-8-22/h9-18,22H,3-8,19H2,1-2H3,(H,31,33). The number of hydrogen-bond donors (Lipinski definition) is 1. The number of nitrogens with zero attached hydrogens (tertiary/aromatic N) is 1. The molecule has 0 unspecified atom stereocenters. The Kier molecular flexibility index (Phi) is 6.84. The fraction of sp³-hybridized carbons (Fsp3) is 0.333. The van der Waals surface area contributed by atoms with Gasteiger partial charge in [-0.2, -0.15) is 0 Å². The molecule has 180 valence electrons. The molecule has 4 aromatic rings. The predicted octanol–water partition coefficient (Wildman–Crippen LogP) is 7.43. The Balaban J connectivity index is 1.23. The number of amides is 1. The van der Waals surface area contributed by atoms with Crippen LogP contribution in [0.5, 0.6) is 5.75 Å². The zero-order chi connectivity index (χ0) is 24.2. The number of oxazole rings is 1.